The number of thioether (sulfide) groups is 1. The quantitative estimate of drug-likeness (QED) is 0.0516. The van der Waals surface area contributed by atoms with Crippen LogP contribution in [0.3, 0.4) is 0 Å². The van der Waals surface area contributed by atoms with Crippen LogP contribution in [0.15, 0.2) is 82.7 Å². The average molecular weight is 648 g/mol. The number of aliphatic hydroxyl groups is 1. The average Bonchev–Trinajstić information content (AvgIpc) is 3.61. The van der Waals surface area contributed by atoms with E-state index in [-0.39, 0.29) is 22.3 Å². The number of nitrogens with zero attached hydrogens (tertiary/aromatic N) is 3. The molecule has 1 saturated heterocycles. The van der Waals surface area contributed by atoms with Gasteiger partial charge in [0.15, 0.2) is 4.34 Å². The lowest BCUT2D eigenvalue weighted by atomic mass is 9.95. The molecule has 0 aliphatic carbocycles. The number of Topliss-reactive ketones (excluding diaryl/α,β-unsaturated/α-hetero) is 1. The van der Waals surface area contributed by atoms with Gasteiger partial charge in [0.25, 0.3) is 5.78 Å². The van der Waals surface area contributed by atoms with Crippen LogP contribution < -0.4 is 14.4 Å². The highest BCUT2D eigenvalue weighted by molar-refractivity contribution is 8.00. The number of ether oxygens (including phenoxy) is 2. The summed E-state index contributed by atoms with van der Waals surface area (Å²) in [6.07, 6.45) is 1.71. The van der Waals surface area contributed by atoms with Crippen LogP contribution in [0.5, 0.6) is 11.5 Å². The Morgan fingerprint density at radius 1 is 1.00 bits per heavy atom. The zero-order valence-electron chi connectivity index (χ0n) is 25.2. The zero-order chi connectivity index (χ0) is 31.9. The zero-order valence-corrected chi connectivity index (χ0v) is 26.9. The van der Waals surface area contributed by atoms with Gasteiger partial charge in [0.1, 0.15) is 23.1 Å². The molecule has 234 valence electrons. The van der Waals surface area contributed by atoms with Crippen LogP contribution in [-0.2, 0) is 15.3 Å². The van der Waals surface area contributed by atoms with Crippen LogP contribution in [0.2, 0.25) is 0 Å². The number of amides is 1. The Labute approximate surface area is 269 Å². The van der Waals surface area contributed by atoms with Crippen LogP contribution in [0.1, 0.15) is 56.3 Å². The summed E-state index contributed by atoms with van der Waals surface area (Å²) in [5.74, 6) is -0.323. The first kappa shape index (κ1) is 32.2. The van der Waals surface area contributed by atoms with Crippen molar-refractivity contribution in [1.29, 1.82) is 0 Å². The molecule has 3 aromatic carbocycles. The van der Waals surface area contributed by atoms with Gasteiger partial charge in [0, 0.05) is 11.3 Å². The Kier molecular flexibility index (Phi) is 10.5. The van der Waals surface area contributed by atoms with E-state index in [1.165, 1.54) is 22.7 Å². The Balaban J connectivity index is 1.52. The molecule has 45 heavy (non-hydrogen) atoms. The van der Waals surface area contributed by atoms with Crippen molar-refractivity contribution in [3.63, 3.8) is 0 Å². The number of carbonyl (C=O) groups is 2. The second kappa shape index (κ2) is 14.7. The lowest BCUT2D eigenvalue weighted by Gasteiger charge is -2.23. The van der Waals surface area contributed by atoms with Crippen LogP contribution in [-0.4, -0.2) is 40.2 Å². The molecule has 2 heterocycles. The summed E-state index contributed by atoms with van der Waals surface area (Å²) in [7, 11) is 0. The summed E-state index contributed by atoms with van der Waals surface area (Å²) >= 11 is 2.40. The van der Waals surface area contributed by atoms with Crippen LogP contribution in [0.25, 0.3) is 5.76 Å². The van der Waals surface area contributed by atoms with Crippen molar-refractivity contribution in [2.45, 2.75) is 49.7 Å². The maximum atomic E-state index is 14.2. The monoisotopic (exact) mass is 647 g/mol. The first-order valence-electron chi connectivity index (χ1n) is 14.7. The third-order valence-corrected chi connectivity index (χ3v) is 9.20. The maximum Gasteiger partial charge on any atom is 0.301 e. The third-order valence-electron chi connectivity index (χ3n) is 7.09. The Hall–Kier alpha value is -4.22. The summed E-state index contributed by atoms with van der Waals surface area (Å²) in [6.45, 7) is 7.29. The summed E-state index contributed by atoms with van der Waals surface area (Å²) in [4.78, 5) is 28.5. The molecule has 11 heteroatoms. The Morgan fingerprint density at radius 3 is 2.49 bits per heavy atom. The van der Waals surface area contributed by atoms with Crippen LogP contribution in [0.4, 0.5) is 9.52 Å². The normalized spacial score (nSPS) is 16.0. The van der Waals surface area contributed by atoms with Crippen molar-refractivity contribution in [3.8, 4) is 11.5 Å². The third kappa shape index (κ3) is 7.54. The fraction of sp³-hybridized carbons (Fsp3) is 0.294. The molecule has 0 saturated carbocycles. The minimum Gasteiger partial charge on any atom is -0.507 e. The molecule has 1 N–H and O–H groups in total. The van der Waals surface area contributed by atoms with E-state index in [0.29, 0.717) is 57.4 Å². The number of halogens is 1. The maximum absolute atomic E-state index is 14.2. The molecule has 5 rings (SSSR count). The number of aliphatic hydroxyl groups excluding tert-OH is 1. The molecule has 1 aliphatic heterocycles. The number of hydrogen-bond acceptors (Lipinski definition) is 9. The van der Waals surface area contributed by atoms with Crippen LogP contribution >= 0.6 is 23.1 Å². The molecule has 1 unspecified atom stereocenters. The number of benzene rings is 3. The van der Waals surface area contributed by atoms with E-state index in [4.69, 9.17) is 9.47 Å². The molecule has 1 fully saturated rings. The van der Waals surface area contributed by atoms with E-state index in [1.807, 2.05) is 13.0 Å². The molecule has 1 amide bonds. The summed E-state index contributed by atoms with van der Waals surface area (Å²) in [5.41, 5.74) is 1.37. The minimum absolute atomic E-state index is 0.0719. The van der Waals surface area contributed by atoms with E-state index < -0.39 is 17.7 Å². The van der Waals surface area contributed by atoms with E-state index in [1.54, 1.807) is 60.7 Å². The SMILES string of the molecule is CCCOc1ccc(/C(O)=C2\C(=O)C(=O)N(c3nnc(SCc4ccccc4F)s3)C2c2cccc(OCCC(C)C)c2)cc1. The number of hydrogen-bond donors (Lipinski definition) is 1. The van der Waals surface area contributed by atoms with Gasteiger partial charge in [-0.05, 0) is 72.4 Å². The molecule has 0 bridgehead atoms. The fourth-order valence-electron chi connectivity index (χ4n) is 4.73. The van der Waals surface area contributed by atoms with E-state index >= 15 is 0 Å². The highest BCUT2D eigenvalue weighted by atomic mass is 32.2. The first-order valence-corrected chi connectivity index (χ1v) is 16.5. The van der Waals surface area contributed by atoms with Gasteiger partial charge in [0.05, 0.1) is 24.8 Å². The standard InChI is InChI=1S/C34H34FN3O5S2/c1-4-17-42-25-14-12-22(13-15-25)30(39)28-29(23-9-7-10-26(19-23)43-18-16-21(2)3)38(32(41)31(28)40)33-36-37-34(45-33)44-20-24-8-5-6-11-27(24)35/h5-15,19,21,29,39H,4,16-18,20H2,1-3H3/b30-28+. The van der Waals surface area contributed by atoms with Gasteiger partial charge in [-0.25, -0.2) is 4.39 Å². The Bertz CT molecular complexity index is 1690. The highest BCUT2D eigenvalue weighted by Crippen LogP contribution is 2.44. The van der Waals surface area contributed by atoms with Crippen molar-refractivity contribution < 1.29 is 28.6 Å². The fourth-order valence-corrected chi connectivity index (χ4v) is 6.58. The minimum atomic E-state index is -0.993. The molecule has 8 nitrogen and oxygen atoms in total. The predicted octanol–water partition coefficient (Wildman–Crippen LogP) is 7.81. The molecule has 1 aromatic heterocycles. The Morgan fingerprint density at radius 2 is 1.76 bits per heavy atom. The summed E-state index contributed by atoms with van der Waals surface area (Å²) in [5, 5.41) is 20.2. The van der Waals surface area contributed by atoms with Gasteiger partial charge < -0.3 is 14.6 Å². The second-order valence-electron chi connectivity index (χ2n) is 10.9. The largest absolute Gasteiger partial charge is 0.507 e. The van der Waals surface area contributed by atoms with Crippen molar-refractivity contribution in [1.82, 2.24) is 10.2 Å². The van der Waals surface area contributed by atoms with Crippen molar-refractivity contribution in [2.75, 3.05) is 18.1 Å². The van der Waals surface area contributed by atoms with E-state index in [2.05, 4.69) is 24.0 Å². The van der Waals surface area contributed by atoms with Gasteiger partial charge >= 0.3 is 5.91 Å². The van der Waals surface area contributed by atoms with E-state index in [9.17, 15) is 19.1 Å². The molecule has 4 aromatic rings. The van der Waals surface area contributed by atoms with Gasteiger partial charge in [-0.1, -0.05) is 74.2 Å². The van der Waals surface area contributed by atoms with Crippen molar-refractivity contribution >= 4 is 45.7 Å². The first-order chi connectivity index (χ1) is 21.8. The number of ketones is 1. The number of anilines is 1. The number of rotatable bonds is 13. The van der Waals surface area contributed by atoms with Gasteiger partial charge in [-0.3, -0.25) is 14.5 Å². The molecular formula is C34H34FN3O5S2. The molecule has 0 spiro atoms. The summed E-state index contributed by atoms with van der Waals surface area (Å²) in [6, 6.07) is 19.4. The molecule has 1 atom stereocenters. The second-order valence-corrected chi connectivity index (χ2v) is 13.1. The van der Waals surface area contributed by atoms with Gasteiger partial charge in [0.2, 0.25) is 5.13 Å². The lowest BCUT2D eigenvalue weighted by molar-refractivity contribution is -0.132. The van der Waals surface area contributed by atoms with Crippen molar-refractivity contribution in [2.24, 2.45) is 5.92 Å². The number of aromatic nitrogens is 2. The lowest BCUT2D eigenvalue weighted by Crippen LogP contribution is -2.29. The topological polar surface area (TPSA) is 102 Å². The highest BCUT2D eigenvalue weighted by Gasteiger charge is 2.48. The number of carbonyl (C=O) groups excluding carboxylic acids is 2. The molecule has 0 radical (unpaired) electrons. The van der Waals surface area contributed by atoms with Crippen LogP contribution in [0, 0.1) is 11.7 Å². The smallest absolute Gasteiger partial charge is 0.301 e. The van der Waals surface area contributed by atoms with E-state index in [0.717, 1.165) is 24.2 Å². The predicted molar refractivity (Wildman–Crippen MR) is 174 cm³/mol. The van der Waals surface area contributed by atoms with Gasteiger partial charge in [-0.15, -0.1) is 10.2 Å². The molecule has 1 aliphatic rings. The van der Waals surface area contributed by atoms with Crippen molar-refractivity contribution in [3.05, 3.63) is 101 Å². The summed E-state index contributed by atoms with van der Waals surface area (Å²) < 4.78 is 26.3. The van der Waals surface area contributed by atoms with Gasteiger partial charge in [-0.2, -0.15) is 0 Å². The molecular weight excluding hydrogens is 614 g/mol.